The van der Waals surface area contributed by atoms with Gasteiger partial charge in [-0.1, -0.05) is 19.1 Å². The number of likely N-dealkylation sites (N-methyl/N-ethyl adjacent to an activating group) is 1. The van der Waals surface area contributed by atoms with E-state index in [0.29, 0.717) is 17.7 Å². The summed E-state index contributed by atoms with van der Waals surface area (Å²) in [6.45, 7) is 10.9. The molecule has 1 aromatic carbocycles. The minimum Gasteiger partial charge on any atom is -0.301 e. The number of benzene rings is 1. The van der Waals surface area contributed by atoms with E-state index >= 15 is 0 Å². The van der Waals surface area contributed by atoms with E-state index in [2.05, 4.69) is 26.9 Å². The molecular weight excluding hydrogens is 316 g/mol. The maximum atomic E-state index is 12.7. The van der Waals surface area contributed by atoms with Crippen molar-refractivity contribution < 1.29 is 0 Å². The highest BCUT2D eigenvalue weighted by molar-refractivity contribution is 5.80. The zero-order chi connectivity index (χ0) is 17.4. The van der Waals surface area contributed by atoms with Gasteiger partial charge in [0.05, 0.1) is 17.4 Å². The van der Waals surface area contributed by atoms with E-state index in [9.17, 15) is 4.79 Å². The third-order valence-corrected chi connectivity index (χ3v) is 5.17. The van der Waals surface area contributed by atoms with Gasteiger partial charge in [0.1, 0.15) is 0 Å². The number of aryl methyl sites for hydroxylation is 1. The Morgan fingerprint density at radius 2 is 1.68 bits per heavy atom. The van der Waals surface area contributed by atoms with Crippen LogP contribution in [0.3, 0.4) is 0 Å². The highest BCUT2D eigenvalue weighted by atomic mass is 16.1. The van der Waals surface area contributed by atoms with Gasteiger partial charge >= 0.3 is 0 Å². The largest absolute Gasteiger partial charge is 0.301 e. The molecule has 0 amide bonds. The fraction of sp³-hybridized carbons (Fsp3) is 0.500. The van der Waals surface area contributed by atoms with Gasteiger partial charge < -0.3 is 4.90 Å². The fourth-order valence-electron chi connectivity index (χ4n) is 3.67. The summed E-state index contributed by atoms with van der Waals surface area (Å²) in [5.41, 5.74) is 0.889. The molecule has 0 atom stereocenters. The Morgan fingerprint density at radius 1 is 0.960 bits per heavy atom. The molecule has 0 aliphatic carbocycles. The second-order valence-electron chi connectivity index (χ2n) is 6.53. The van der Waals surface area contributed by atoms with E-state index < -0.39 is 0 Å². The van der Waals surface area contributed by atoms with Crippen LogP contribution in [0.1, 0.15) is 19.7 Å². The van der Waals surface area contributed by atoms with Crippen LogP contribution >= 0.6 is 0 Å². The van der Waals surface area contributed by atoms with Crippen molar-refractivity contribution in [2.45, 2.75) is 26.9 Å². The van der Waals surface area contributed by atoms with E-state index in [1.165, 1.54) is 0 Å². The summed E-state index contributed by atoms with van der Waals surface area (Å²) >= 11 is 0. The van der Waals surface area contributed by atoms with Gasteiger partial charge in [-0.15, -0.1) is 10.2 Å². The summed E-state index contributed by atoms with van der Waals surface area (Å²) in [6, 6.07) is 7.73. The molecule has 25 heavy (non-hydrogen) atoms. The van der Waals surface area contributed by atoms with Gasteiger partial charge in [0.15, 0.2) is 5.82 Å². The lowest BCUT2D eigenvalue weighted by atomic mass is 10.2. The second kappa shape index (κ2) is 6.57. The van der Waals surface area contributed by atoms with Gasteiger partial charge in [0.2, 0.25) is 5.78 Å². The summed E-state index contributed by atoms with van der Waals surface area (Å²) in [5, 5.41) is 9.48. The molecule has 3 aromatic rings. The molecule has 1 aliphatic rings. The minimum atomic E-state index is 0.00103. The van der Waals surface area contributed by atoms with Crippen molar-refractivity contribution in [2.24, 2.45) is 0 Å². The molecule has 7 nitrogen and oxygen atoms in total. The van der Waals surface area contributed by atoms with Crippen molar-refractivity contribution in [3.05, 3.63) is 40.4 Å². The van der Waals surface area contributed by atoms with Crippen molar-refractivity contribution in [2.75, 3.05) is 32.7 Å². The van der Waals surface area contributed by atoms with Crippen molar-refractivity contribution in [1.29, 1.82) is 0 Å². The molecule has 2 aromatic heterocycles. The van der Waals surface area contributed by atoms with Gasteiger partial charge in [0.25, 0.3) is 5.56 Å². The molecule has 0 N–H and O–H groups in total. The Labute approximate surface area is 146 Å². The van der Waals surface area contributed by atoms with Gasteiger partial charge in [-0.3, -0.25) is 18.7 Å². The molecule has 0 bridgehead atoms. The SMILES string of the molecule is CCN1CCN(Cc2nnc3n(CC)c(=O)c4ccccc4n23)CC1. The van der Waals surface area contributed by atoms with Crippen LogP contribution in [0.15, 0.2) is 29.1 Å². The first-order valence-electron chi connectivity index (χ1n) is 9.03. The maximum absolute atomic E-state index is 12.7. The summed E-state index contributed by atoms with van der Waals surface area (Å²) < 4.78 is 3.75. The van der Waals surface area contributed by atoms with Crippen LogP contribution in [-0.2, 0) is 13.1 Å². The summed E-state index contributed by atoms with van der Waals surface area (Å²) in [4.78, 5) is 17.6. The number of aromatic nitrogens is 4. The molecule has 0 spiro atoms. The lowest BCUT2D eigenvalue weighted by Gasteiger charge is -2.33. The topological polar surface area (TPSA) is 58.7 Å². The van der Waals surface area contributed by atoms with Gasteiger partial charge in [0, 0.05) is 32.7 Å². The molecule has 0 radical (unpaired) electrons. The monoisotopic (exact) mass is 340 g/mol. The quantitative estimate of drug-likeness (QED) is 0.714. The molecule has 0 saturated carbocycles. The Kier molecular flexibility index (Phi) is 4.27. The Bertz CT molecular complexity index is 951. The number of fused-ring (bicyclic) bond motifs is 3. The van der Waals surface area contributed by atoms with Crippen LogP contribution in [0.5, 0.6) is 0 Å². The predicted octanol–water partition coefficient (Wildman–Crippen LogP) is 1.20. The van der Waals surface area contributed by atoms with Crippen LogP contribution in [0.2, 0.25) is 0 Å². The van der Waals surface area contributed by atoms with Crippen LogP contribution in [0, 0.1) is 0 Å². The molecule has 3 heterocycles. The average Bonchev–Trinajstić information content (AvgIpc) is 3.06. The smallest absolute Gasteiger partial charge is 0.262 e. The first-order valence-corrected chi connectivity index (χ1v) is 9.03. The zero-order valence-corrected chi connectivity index (χ0v) is 14.9. The molecular formula is C18H24N6O. The molecule has 1 fully saturated rings. The third kappa shape index (κ3) is 2.73. The number of rotatable bonds is 4. The number of nitrogens with zero attached hydrogens (tertiary/aromatic N) is 6. The normalized spacial score (nSPS) is 16.9. The molecule has 132 valence electrons. The summed E-state index contributed by atoms with van der Waals surface area (Å²) in [5.74, 6) is 1.53. The Hall–Kier alpha value is -2.25. The number of hydrogen-bond donors (Lipinski definition) is 0. The number of piperazine rings is 1. The van der Waals surface area contributed by atoms with Crippen molar-refractivity contribution in [1.82, 2.24) is 29.0 Å². The lowest BCUT2D eigenvalue weighted by Crippen LogP contribution is -2.45. The molecule has 7 heteroatoms. The summed E-state index contributed by atoms with van der Waals surface area (Å²) in [7, 11) is 0. The van der Waals surface area contributed by atoms with E-state index in [1.54, 1.807) is 4.57 Å². The first-order chi connectivity index (χ1) is 12.2. The first kappa shape index (κ1) is 16.2. The summed E-state index contributed by atoms with van der Waals surface area (Å²) in [6.07, 6.45) is 0. The second-order valence-corrected chi connectivity index (χ2v) is 6.53. The highest BCUT2D eigenvalue weighted by Crippen LogP contribution is 2.16. The average molecular weight is 340 g/mol. The van der Waals surface area contributed by atoms with Crippen LogP contribution in [-0.4, -0.2) is 61.7 Å². The molecule has 1 saturated heterocycles. The predicted molar refractivity (Wildman–Crippen MR) is 97.8 cm³/mol. The molecule has 0 unspecified atom stereocenters. The Morgan fingerprint density at radius 3 is 2.40 bits per heavy atom. The van der Waals surface area contributed by atoms with E-state index in [4.69, 9.17) is 0 Å². The maximum Gasteiger partial charge on any atom is 0.262 e. The number of hydrogen-bond acceptors (Lipinski definition) is 5. The van der Waals surface area contributed by atoms with E-state index in [1.807, 2.05) is 35.6 Å². The Balaban J connectivity index is 1.78. The van der Waals surface area contributed by atoms with Gasteiger partial charge in [-0.25, -0.2) is 0 Å². The highest BCUT2D eigenvalue weighted by Gasteiger charge is 2.20. The molecule has 4 rings (SSSR count). The van der Waals surface area contributed by atoms with E-state index in [-0.39, 0.29) is 5.56 Å². The fourth-order valence-corrected chi connectivity index (χ4v) is 3.67. The number of para-hydroxylation sites is 1. The van der Waals surface area contributed by atoms with Crippen LogP contribution in [0.4, 0.5) is 0 Å². The molecule has 1 aliphatic heterocycles. The standard InChI is InChI=1S/C18H24N6O/c1-3-21-9-11-22(12-10-21)13-16-19-20-18-23(4-2)17(25)14-7-5-6-8-15(14)24(16)18/h5-8H,3-4,9-13H2,1-2H3. The van der Waals surface area contributed by atoms with Crippen molar-refractivity contribution in [3.63, 3.8) is 0 Å². The third-order valence-electron chi connectivity index (χ3n) is 5.17. The lowest BCUT2D eigenvalue weighted by molar-refractivity contribution is 0.129. The van der Waals surface area contributed by atoms with Crippen molar-refractivity contribution in [3.8, 4) is 0 Å². The van der Waals surface area contributed by atoms with E-state index in [0.717, 1.165) is 50.6 Å². The van der Waals surface area contributed by atoms with Gasteiger partial charge in [-0.2, -0.15) is 0 Å². The zero-order valence-electron chi connectivity index (χ0n) is 14.9. The van der Waals surface area contributed by atoms with Gasteiger partial charge in [-0.05, 0) is 25.6 Å². The van der Waals surface area contributed by atoms with Crippen LogP contribution < -0.4 is 5.56 Å². The van der Waals surface area contributed by atoms with Crippen LogP contribution in [0.25, 0.3) is 16.7 Å². The van der Waals surface area contributed by atoms with Crippen molar-refractivity contribution >= 4 is 16.7 Å². The minimum absolute atomic E-state index is 0.00103.